The molecule has 0 spiro atoms. The molecule has 1 saturated heterocycles. The first-order valence-corrected chi connectivity index (χ1v) is 6.95. The Balaban J connectivity index is 2.31. The van der Waals surface area contributed by atoms with Gasteiger partial charge in [-0.25, -0.2) is 8.42 Å². The Morgan fingerprint density at radius 2 is 2.07 bits per heavy atom. The number of rotatable bonds is 2. The van der Waals surface area contributed by atoms with Gasteiger partial charge in [0.15, 0.2) is 0 Å². The fourth-order valence-corrected chi connectivity index (χ4v) is 4.04. The number of fused-ring (bicyclic) bond motifs is 1. The molecule has 86 valence electrons. The Kier molecular flexibility index (Phi) is 2.50. The zero-order chi connectivity index (χ0) is 11.2. The maximum absolute atomic E-state index is 11.4. The molecule has 15 heavy (non-hydrogen) atoms. The highest BCUT2D eigenvalue weighted by Crippen LogP contribution is 2.43. The highest BCUT2D eigenvalue weighted by molar-refractivity contribution is 7.88. The molecular weight excluding hydrogens is 218 g/mol. The number of hydrogen-bond donors (Lipinski definition) is 1. The van der Waals surface area contributed by atoms with Crippen molar-refractivity contribution in [1.29, 1.82) is 0 Å². The molecule has 2 rings (SSSR count). The number of carbonyl (C=O) groups is 1. The van der Waals surface area contributed by atoms with Crippen molar-refractivity contribution >= 4 is 16.0 Å². The van der Waals surface area contributed by atoms with E-state index in [0.717, 1.165) is 29.8 Å². The van der Waals surface area contributed by atoms with Crippen molar-refractivity contribution in [2.45, 2.75) is 25.3 Å². The number of carboxylic acid groups (broad SMARTS) is 1. The number of hydrogen-bond acceptors (Lipinski definition) is 3. The van der Waals surface area contributed by atoms with Crippen LogP contribution in [0.1, 0.15) is 19.3 Å². The van der Waals surface area contributed by atoms with E-state index in [1.54, 1.807) is 0 Å². The smallest absolute Gasteiger partial charge is 0.322 e. The highest BCUT2D eigenvalue weighted by atomic mass is 32.2. The van der Waals surface area contributed by atoms with E-state index in [-0.39, 0.29) is 11.8 Å². The van der Waals surface area contributed by atoms with Gasteiger partial charge in [0.05, 0.1) is 6.26 Å². The molecule has 2 aliphatic rings. The Hall–Kier alpha value is -0.620. The van der Waals surface area contributed by atoms with E-state index in [9.17, 15) is 13.2 Å². The SMILES string of the molecule is CS(=O)(=O)N1CC2CCCC2C1C(=O)O. The maximum Gasteiger partial charge on any atom is 0.322 e. The molecule has 0 amide bonds. The van der Waals surface area contributed by atoms with Gasteiger partial charge in [0.1, 0.15) is 6.04 Å². The monoisotopic (exact) mass is 233 g/mol. The van der Waals surface area contributed by atoms with Crippen LogP contribution in [0.25, 0.3) is 0 Å². The molecule has 3 unspecified atom stereocenters. The van der Waals surface area contributed by atoms with Crippen LogP contribution in [0.3, 0.4) is 0 Å². The molecule has 0 aromatic heterocycles. The third-order valence-corrected chi connectivity index (χ3v) is 4.76. The number of nitrogens with zero attached hydrogens (tertiary/aromatic N) is 1. The fraction of sp³-hybridized carbons (Fsp3) is 0.889. The van der Waals surface area contributed by atoms with Crippen LogP contribution in [0.15, 0.2) is 0 Å². The summed E-state index contributed by atoms with van der Waals surface area (Å²) in [4.78, 5) is 11.1. The van der Waals surface area contributed by atoms with Crippen LogP contribution in [-0.4, -0.2) is 42.6 Å². The standard InChI is InChI=1S/C9H15NO4S/c1-15(13,14)10-5-6-3-2-4-7(6)8(10)9(11)12/h6-8H,2-5H2,1H3,(H,11,12). The van der Waals surface area contributed by atoms with Crippen LogP contribution in [0.5, 0.6) is 0 Å². The normalized spacial score (nSPS) is 36.7. The first-order chi connectivity index (χ1) is 6.91. The molecule has 1 saturated carbocycles. The largest absolute Gasteiger partial charge is 0.480 e. The Labute approximate surface area is 89.1 Å². The summed E-state index contributed by atoms with van der Waals surface area (Å²) < 4.78 is 24.0. The summed E-state index contributed by atoms with van der Waals surface area (Å²) in [6.45, 7) is 0.389. The quantitative estimate of drug-likeness (QED) is 0.735. The minimum Gasteiger partial charge on any atom is -0.480 e. The lowest BCUT2D eigenvalue weighted by Gasteiger charge is -2.21. The van der Waals surface area contributed by atoms with Gasteiger partial charge in [0.2, 0.25) is 10.0 Å². The first kappa shape index (κ1) is 10.9. The third kappa shape index (κ3) is 1.76. The Bertz CT molecular complexity index is 378. The molecule has 0 aromatic carbocycles. The predicted octanol–water partition coefficient (Wildman–Crippen LogP) is 0.131. The molecule has 6 heteroatoms. The van der Waals surface area contributed by atoms with Crippen LogP contribution in [0, 0.1) is 11.8 Å². The van der Waals surface area contributed by atoms with Crippen molar-refractivity contribution in [2.24, 2.45) is 11.8 Å². The van der Waals surface area contributed by atoms with E-state index >= 15 is 0 Å². The minimum atomic E-state index is -3.39. The van der Waals surface area contributed by atoms with E-state index in [2.05, 4.69) is 0 Å². The molecule has 1 heterocycles. The summed E-state index contributed by atoms with van der Waals surface area (Å²) in [5.74, 6) is -0.729. The van der Waals surface area contributed by atoms with Gasteiger partial charge in [-0.1, -0.05) is 6.42 Å². The lowest BCUT2D eigenvalue weighted by Crippen LogP contribution is -2.42. The molecular formula is C9H15NO4S. The number of aliphatic carboxylic acids is 1. The molecule has 0 bridgehead atoms. The second kappa shape index (κ2) is 3.45. The molecule has 1 aliphatic heterocycles. The summed E-state index contributed by atoms with van der Waals surface area (Å²) in [5, 5.41) is 9.09. The predicted molar refractivity (Wildman–Crippen MR) is 53.8 cm³/mol. The van der Waals surface area contributed by atoms with Crippen molar-refractivity contribution in [3.63, 3.8) is 0 Å². The third-order valence-electron chi connectivity index (χ3n) is 3.53. The van der Waals surface area contributed by atoms with Crippen LogP contribution >= 0.6 is 0 Å². The maximum atomic E-state index is 11.4. The van der Waals surface area contributed by atoms with Crippen molar-refractivity contribution in [1.82, 2.24) is 4.31 Å². The molecule has 1 N–H and O–H groups in total. The molecule has 5 nitrogen and oxygen atoms in total. The van der Waals surface area contributed by atoms with E-state index in [4.69, 9.17) is 5.11 Å². The molecule has 0 radical (unpaired) electrons. The zero-order valence-corrected chi connectivity index (χ0v) is 9.40. The number of carboxylic acids is 1. The summed E-state index contributed by atoms with van der Waals surface area (Å²) >= 11 is 0. The first-order valence-electron chi connectivity index (χ1n) is 5.11. The van der Waals surface area contributed by atoms with Crippen LogP contribution in [-0.2, 0) is 14.8 Å². The zero-order valence-electron chi connectivity index (χ0n) is 8.59. The van der Waals surface area contributed by atoms with Gasteiger partial charge in [0.25, 0.3) is 0 Å². The van der Waals surface area contributed by atoms with Gasteiger partial charge >= 0.3 is 5.97 Å². The minimum absolute atomic E-state index is 0.0252. The van der Waals surface area contributed by atoms with Gasteiger partial charge in [-0.2, -0.15) is 4.31 Å². The van der Waals surface area contributed by atoms with Crippen molar-refractivity contribution in [3.05, 3.63) is 0 Å². The van der Waals surface area contributed by atoms with Gasteiger partial charge in [0, 0.05) is 6.54 Å². The average molecular weight is 233 g/mol. The van der Waals surface area contributed by atoms with E-state index in [0.29, 0.717) is 6.54 Å². The fourth-order valence-electron chi connectivity index (χ4n) is 2.91. The second-order valence-electron chi connectivity index (χ2n) is 4.47. The van der Waals surface area contributed by atoms with Crippen molar-refractivity contribution < 1.29 is 18.3 Å². The van der Waals surface area contributed by atoms with Gasteiger partial charge in [-0.05, 0) is 24.7 Å². The molecule has 3 atom stereocenters. The summed E-state index contributed by atoms with van der Waals surface area (Å²) in [6.07, 6.45) is 3.91. The highest BCUT2D eigenvalue weighted by Gasteiger charge is 2.50. The van der Waals surface area contributed by atoms with E-state index in [1.165, 1.54) is 0 Å². The van der Waals surface area contributed by atoms with Crippen LogP contribution < -0.4 is 0 Å². The number of sulfonamides is 1. The lowest BCUT2D eigenvalue weighted by atomic mass is 9.94. The second-order valence-corrected chi connectivity index (χ2v) is 6.41. The van der Waals surface area contributed by atoms with Crippen LogP contribution in [0.2, 0.25) is 0 Å². The van der Waals surface area contributed by atoms with E-state index < -0.39 is 22.0 Å². The molecule has 1 aliphatic carbocycles. The Morgan fingerprint density at radius 1 is 1.40 bits per heavy atom. The van der Waals surface area contributed by atoms with Crippen molar-refractivity contribution in [3.8, 4) is 0 Å². The lowest BCUT2D eigenvalue weighted by molar-refractivity contribution is -0.141. The van der Waals surface area contributed by atoms with Gasteiger partial charge < -0.3 is 5.11 Å². The topological polar surface area (TPSA) is 74.7 Å². The van der Waals surface area contributed by atoms with Crippen LogP contribution in [0.4, 0.5) is 0 Å². The van der Waals surface area contributed by atoms with Gasteiger partial charge in [-0.3, -0.25) is 4.79 Å². The van der Waals surface area contributed by atoms with Crippen molar-refractivity contribution in [2.75, 3.05) is 12.8 Å². The Morgan fingerprint density at radius 3 is 2.60 bits per heavy atom. The molecule has 2 fully saturated rings. The summed E-state index contributed by atoms with van der Waals surface area (Å²) in [5.41, 5.74) is 0. The summed E-state index contributed by atoms with van der Waals surface area (Å²) in [7, 11) is -3.39. The molecule has 0 aromatic rings. The van der Waals surface area contributed by atoms with E-state index in [1.807, 2.05) is 0 Å². The summed E-state index contributed by atoms with van der Waals surface area (Å²) in [6, 6.07) is -0.826. The van der Waals surface area contributed by atoms with Gasteiger partial charge in [-0.15, -0.1) is 0 Å². The average Bonchev–Trinajstić information content (AvgIpc) is 2.56.